The van der Waals surface area contributed by atoms with E-state index in [1.807, 2.05) is 4.90 Å². The van der Waals surface area contributed by atoms with Crippen LogP contribution in [-0.2, 0) is 0 Å². The van der Waals surface area contributed by atoms with Crippen LogP contribution in [-0.4, -0.2) is 55.7 Å². The zero-order valence-electron chi connectivity index (χ0n) is 17.8. The van der Waals surface area contributed by atoms with E-state index < -0.39 is 0 Å². The molecule has 1 aliphatic heterocycles. The summed E-state index contributed by atoms with van der Waals surface area (Å²) in [6.07, 6.45) is 2.47. The highest BCUT2D eigenvalue weighted by molar-refractivity contribution is 6.36. The van der Waals surface area contributed by atoms with Crippen molar-refractivity contribution < 1.29 is 14.3 Å². The lowest BCUT2D eigenvalue weighted by atomic mass is 10.1. The smallest absolute Gasteiger partial charge is 0.254 e. The Bertz CT molecular complexity index is 932. The second-order valence-electron chi connectivity index (χ2n) is 7.76. The van der Waals surface area contributed by atoms with Crippen LogP contribution >= 0.6 is 34.8 Å². The highest BCUT2D eigenvalue weighted by Gasteiger charge is 2.26. The highest BCUT2D eigenvalue weighted by atomic mass is 35.5. The number of carbonyl (C=O) groups is 1. The molecule has 0 bridgehead atoms. The predicted molar refractivity (Wildman–Crippen MR) is 125 cm³/mol. The van der Waals surface area contributed by atoms with Gasteiger partial charge in [-0.05, 0) is 30.5 Å². The second kappa shape index (κ2) is 10.6. The topological polar surface area (TPSA) is 54.9 Å². The van der Waals surface area contributed by atoms with Gasteiger partial charge in [-0.3, -0.25) is 4.79 Å². The average Bonchev–Trinajstić information content (AvgIpc) is 2.74. The lowest BCUT2D eigenvalue weighted by Crippen LogP contribution is -2.49. The number of pyridine rings is 1. The molecule has 3 rings (SSSR count). The number of ether oxygens (including phenoxy) is 2. The SMILES string of the molecule is COc1cc(C(=O)N2CCN(c3ncc(Cl)cc3Cl)CC2)cc(Cl)c1OCCC(C)C. The summed E-state index contributed by atoms with van der Waals surface area (Å²) < 4.78 is 11.3. The van der Waals surface area contributed by atoms with Crippen LogP contribution < -0.4 is 14.4 Å². The van der Waals surface area contributed by atoms with Gasteiger partial charge >= 0.3 is 0 Å². The minimum Gasteiger partial charge on any atom is -0.493 e. The number of hydrogen-bond donors (Lipinski definition) is 0. The largest absolute Gasteiger partial charge is 0.493 e. The molecule has 0 N–H and O–H groups in total. The Kier molecular flexibility index (Phi) is 8.14. The first kappa shape index (κ1) is 23.8. The fourth-order valence-corrected chi connectivity index (χ4v) is 4.09. The lowest BCUT2D eigenvalue weighted by Gasteiger charge is -2.35. The molecule has 31 heavy (non-hydrogen) atoms. The molecule has 1 amide bonds. The monoisotopic (exact) mass is 485 g/mol. The standard InChI is InChI=1S/C22H26Cl3N3O3/c1-14(2)4-9-31-20-17(24)10-15(11-19(20)30-3)22(29)28-7-5-27(6-8-28)21-18(25)12-16(23)13-26-21/h10-14H,4-9H2,1-3H3. The molecule has 2 heterocycles. The first-order valence-corrected chi connectivity index (χ1v) is 11.3. The molecule has 1 aromatic carbocycles. The minimum atomic E-state index is -0.108. The molecular weight excluding hydrogens is 461 g/mol. The average molecular weight is 487 g/mol. The maximum absolute atomic E-state index is 13.1. The van der Waals surface area contributed by atoms with Crippen LogP contribution in [0.2, 0.25) is 15.1 Å². The third-order valence-corrected chi connectivity index (χ3v) is 5.84. The van der Waals surface area contributed by atoms with Crippen molar-refractivity contribution in [1.29, 1.82) is 0 Å². The van der Waals surface area contributed by atoms with Crippen LogP contribution in [0.5, 0.6) is 11.5 Å². The molecule has 0 radical (unpaired) electrons. The summed E-state index contributed by atoms with van der Waals surface area (Å²) in [4.78, 5) is 21.2. The maximum atomic E-state index is 13.1. The molecule has 9 heteroatoms. The van der Waals surface area contributed by atoms with Gasteiger partial charge in [0.15, 0.2) is 11.5 Å². The molecule has 1 aliphatic rings. The van der Waals surface area contributed by atoms with E-state index in [1.54, 1.807) is 29.3 Å². The number of amides is 1. The van der Waals surface area contributed by atoms with E-state index in [4.69, 9.17) is 44.3 Å². The van der Waals surface area contributed by atoms with E-state index in [1.165, 1.54) is 7.11 Å². The van der Waals surface area contributed by atoms with Gasteiger partial charge in [0.25, 0.3) is 5.91 Å². The second-order valence-corrected chi connectivity index (χ2v) is 9.01. The van der Waals surface area contributed by atoms with E-state index in [9.17, 15) is 4.79 Å². The Morgan fingerprint density at radius 3 is 2.42 bits per heavy atom. The van der Waals surface area contributed by atoms with Crippen molar-refractivity contribution >= 4 is 46.5 Å². The van der Waals surface area contributed by atoms with Gasteiger partial charge in [0.1, 0.15) is 5.82 Å². The summed E-state index contributed by atoms with van der Waals surface area (Å²) in [7, 11) is 1.54. The number of nitrogens with zero attached hydrogens (tertiary/aromatic N) is 3. The van der Waals surface area contributed by atoms with Gasteiger partial charge in [0, 0.05) is 37.9 Å². The Balaban J connectivity index is 1.68. The molecule has 0 spiro atoms. The van der Waals surface area contributed by atoms with Crippen LogP contribution in [0, 0.1) is 5.92 Å². The van der Waals surface area contributed by atoms with E-state index in [2.05, 4.69) is 18.8 Å². The number of carbonyl (C=O) groups excluding carboxylic acids is 1. The molecule has 1 saturated heterocycles. The number of rotatable bonds is 7. The molecule has 0 aliphatic carbocycles. The van der Waals surface area contributed by atoms with Gasteiger partial charge in [-0.25, -0.2) is 4.98 Å². The van der Waals surface area contributed by atoms with Crippen LogP contribution in [0.15, 0.2) is 24.4 Å². The van der Waals surface area contributed by atoms with Gasteiger partial charge in [0.2, 0.25) is 0 Å². The van der Waals surface area contributed by atoms with E-state index in [-0.39, 0.29) is 5.91 Å². The van der Waals surface area contributed by atoms with Crippen molar-refractivity contribution in [2.75, 3.05) is 44.8 Å². The molecule has 0 saturated carbocycles. The van der Waals surface area contributed by atoms with Gasteiger partial charge in [0.05, 0.1) is 28.8 Å². The maximum Gasteiger partial charge on any atom is 0.254 e. The zero-order chi connectivity index (χ0) is 22.5. The first-order chi connectivity index (χ1) is 14.8. The lowest BCUT2D eigenvalue weighted by molar-refractivity contribution is 0.0746. The van der Waals surface area contributed by atoms with Gasteiger partial charge < -0.3 is 19.3 Å². The number of piperazine rings is 1. The highest BCUT2D eigenvalue weighted by Crippen LogP contribution is 2.37. The van der Waals surface area contributed by atoms with Crippen LogP contribution in [0.4, 0.5) is 5.82 Å². The van der Waals surface area contributed by atoms with Crippen molar-refractivity contribution in [2.45, 2.75) is 20.3 Å². The minimum absolute atomic E-state index is 0.108. The fourth-order valence-electron chi connectivity index (χ4n) is 3.32. The number of halogens is 3. The van der Waals surface area contributed by atoms with E-state index >= 15 is 0 Å². The molecule has 1 fully saturated rings. The molecule has 6 nitrogen and oxygen atoms in total. The number of anilines is 1. The molecule has 168 valence electrons. The summed E-state index contributed by atoms with van der Waals surface area (Å²) in [5.41, 5.74) is 0.467. The predicted octanol–water partition coefficient (Wildman–Crippen LogP) is 5.44. The Morgan fingerprint density at radius 1 is 1.10 bits per heavy atom. The summed E-state index contributed by atoms with van der Waals surface area (Å²) in [6.45, 7) is 7.08. The molecule has 0 unspecified atom stereocenters. The quantitative estimate of drug-likeness (QED) is 0.522. The van der Waals surface area contributed by atoms with Gasteiger partial charge in [-0.15, -0.1) is 0 Å². The Hall–Kier alpha value is -1.89. The van der Waals surface area contributed by atoms with Gasteiger partial charge in [-0.2, -0.15) is 0 Å². The summed E-state index contributed by atoms with van der Waals surface area (Å²) >= 11 is 18.6. The number of aromatic nitrogens is 1. The van der Waals surface area contributed by atoms with Crippen LogP contribution in [0.25, 0.3) is 0 Å². The fraction of sp³-hybridized carbons (Fsp3) is 0.455. The number of methoxy groups -OCH3 is 1. The van der Waals surface area contributed by atoms with Crippen molar-refractivity contribution in [2.24, 2.45) is 5.92 Å². The Labute approximate surface area is 198 Å². The van der Waals surface area contributed by atoms with Gasteiger partial charge in [-0.1, -0.05) is 48.7 Å². The normalized spacial score (nSPS) is 14.2. The van der Waals surface area contributed by atoms with Crippen LogP contribution in [0.3, 0.4) is 0 Å². The summed E-state index contributed by atoms with van der Waals surface area (Å²) in [6, 6.07) is 4.99. The molecular formula is C22H26Cl3N3O3. The number of benzene rings is 1. The number of hydrogen-bond acceptors (Lipinski definition) is 5. The van der Waals surface area contributed by atoms with Crippen molar-refractivity contribution in [1.82, 2.24) is 9.88 Å². The first-order valence-electron chi connectivity index (χ1n) is 10.2. The molecule has 2 aromatic rings. The van der Waals surface area contributed by atoms with E-state index in [0.717, 1.165) is 6.42 Å². The van der Waals surface area contributed by atoms with Crippen LogP contribution in [0.1, 0.15) is 30.6 Å². The van der Waals surface area contributed by atoms with E-state index in [0.29, 0.717) is 76.7 Å². The molecule has 1 aromatic heterocycles. The van der Waals surface area contributed by atoms with Crippen molar-refractivity contribution in [3.05, 3.63) is 45.0 Å². The molecule has 0 atom stereocenters. The van der Waals surface area contributed by atoms with Crippen molar-refractivity contribution in [3.63, 3.8) is 0 Å². The third-order valence-electron chi connectivity index (χ3n) is 5.07. The Morgan fingerprint density at radius 2 is 1.81 bits per heavy atom. The zero-order valence-corrected chi connectivity index (χ0v) is 20.1. The third kappa shape index (κ3) is 5.88. The summed E-state index contributed by atoms with van der Waals surface area (Å²) in [5, 5.41) is 1.35. The van der Waals surface area contributed by atoms with Crippen molar-refractivity contribution in [3.8, 4) is 11.5 Å². The summed E-state index contributed by atoms with van der Waals surface area (Å²) in [5.74, 6) is 2.00.